The van der Waals surface area contributed by atoms with Crippen LogP contribution in [0, 0.1) is 0 Å². The van der Waals surface area contributed by atoms with Crippen LogP contribution in [-0.2, 0) is 16.1 Å². The van der Waals surface area contributed by atoms with Crippen molar-refractivity contribution in [2.24, 2.45) is 0 Å². The summed E-state index contributed by atoms with van der Waals surface area (Å²) in [6.45, 7) is 7.02. The van der Waals surface area contributed by atoms with Crippen LogP contribution in [0.2, 0.25) is 0 Å². The third-order valence-electron chi connectivity index (χ3n) is 4.60. The van der Waals surface area contributed by atoms with Crippen LogP contribution >= 0.6 is 0 Å². The van der Waals surface area contributed by atoms with Crippen molar-refractivity contribution in [1.29, 1.82) is 0 Å². The second-order valence-electron chi connectivity index (χ2n) is 7.88. The first kappa shape index (κ1) is 18.5. The van der Waals surface area contributed by atoms with Gasteiger partial charge in [-0.25, -0.2) is 9.59 Å². The summed E-state index contributed by atoms with van der Waals surface area (Å²) in [5.74, 6) is 0.404. The minimum absolute atomic E-state index is 0.0153. The van der Waals surface area contributed by atoms with Gasteiger partial charge in [0.05, 0.1) is 11.6 Å². The summed E-state index contributed by atoms with van der Waals surface area (Å²) in [5, 5.41) is 0. The molecule has 0 N–H and O–H groups in total. The first-order valence-corrected chi connectivity index (χ1v) is 9.26. The highest BCUT2D eigenvalue weighted by Crippen LogP contribution is 2.26. The van der Waals surface area contributed by atoms with E-state index in [0.717, 1.165) is 31.2 Å². The van der Waals surface area contributed by atoms with Crippen LogP contribution in [0.5, 0.6) is 5.75 Å². The van der Waals surface area contributed by atoms with Gasteiger partial charge >= 0.3 is 12.1 Å². The van der Waals surface area contributed by atoms with Gasteiger partial charge in [-0.15, -0.1) is 0 Å². The Kier molecular flexibility index (Phi) is 5.39. The van der Waals surface area contributed by atoms with Gasteiger partial charge in [0.2, 0.25) is 0 Å². The maximum absolute atomic E-state index is 12.6. The van der Waals surface area contributed by atoms with E-state index in [1.807, 2.05) is 26.8 Å². The molecule has 0 bridgehead atoms. The summed E-state index contributed by atoms with van der Waals surface area (Å²) in [4.78, 5) is 25.9. The number of hydrogen-bond donors (Lipinski definition) is 0. The first-order chi connectivity index (χ1) is 12.3. The third kappa shape index (κ3) is 4.48. The van der Waals surface area contributed by atoms with E-state index in [-0.39, 0.29) is 18.1 Å². The number of carbonyl (C=O) groups is 2. The summed E-state index contributed by atoms with van der Waals surface area (Å²) in [6, 6.07) is 5.34. The van der Waals surface area contributed by atoms with Crippen molar-refractivity contribution in [3.05, 3.63) is 29.3 Å². The normalized spacial score (nSPS) is 20.2. The zero-order chi connectivity index (χ0) is 18.7. The molecule has 1 atom stereocenters. The Hall–Kier alpha value is -2.24. The Morgan fingerprint density at radius 1 is 1.27 bits per heavy atom. The van der Waals surface area contributed by atoms with Gasteiger partial charge in [-0.1, -0.05) is 12.8 Å². The molecule has 3 rings (SSSR count). The lowest BCUT2D eigenvalue weighted by atomic mass is 10.1. The van der Waals surface area contributed by atoms with Crippen LogP contribution in [-0.4, -0.2) is 41.8 Å². The maximum atomic E-state index is 12.6. The van der Waals surface area contributed by atoms with Crippen LogP contribution in [0.25, 0.3) is 0 Å². The molecule has 26 heavy (non-hydrogen) atoms. The fraction of sp³-hybridized carbons (Fsp3) is 0.600. The number of cyclic esters (lactones) is 1. The molecule has 6 heteroatoms. The molecular formula is C20H27NO5. The van der Waals surface area contributed by atoms with E-state index >= 15 is 0 Å². The number of amides is 1. The summed E-state index contributed by atoms with van der Waals surface area (Å²) >= 11 is 0. The van der Waals surface area contributed by atoms with Gasteiger partial charge in [-0.2, -0.15) is 0 Å². The van der Waals surface area contributed by atoms with Crippen molar-refractivity contribution in [2.75, 3.05) is 13.2 Å². The number of fused-ring (bicyclic) bond motifs is 1. The molecule has 0 aromatic heterocycles. The molecule has 1 amide bonds. The summed E-state index contributed by atoms with van der Waals surface area (Å²) in [6.07, 6.45) is 3.77. The van der Waals surface area contributed by atoms with E-state index in [1.54, 1.807) is 17.0 Å². The average molecular weight is 361 g/mol. The highest BCUT2D eigenvalue weighted by atomic mass is 16.6. The Bertz CT molecular complexity index is 679. The minimum Gasteiger partial charge on any atom is -0.491 e. The van der Waals surface area contributed by atoms with Gasteiger partial charge in [0.1, 0.15) is 24.6 Å². The van der Waals surface area contributed by atoms with Crippen molar-refractivity contribution in [3.8, 4) is 5.75 Å². The Labute approximate surface area is 154 Å². The van der Waals surface area contributed by atoms with Gasteiger partial charge in [0.25, 0.3) is 0 Å². The Morgan fingerprint density at radius 2 is 2.08 bits per heavy atom. The number of ether oxygens (including phenoxy) is 3. The molecule has 0 saturated carbocycles. The van der Waals surface area contributed by atoms with E-state index in [9.17, 15) is 9.59 Å². The lowest BCUT2D eigenvalue weighted by Gasteiger charge is -2.32. The standard InChI is InChI=1S/C20H27NO5/c1-20(2,3)26-19(23)21-10-6-4-5-7-15(21)13-24-16-8-9-17-14(11-16)12-25-18(17)22/h8-9,11,15H,4-7,10,12-13H2,1-3H3. The van der Waals surface area contributed by atoms with Crippen LogP contribution < -0.4 is 4.74 Å². The van der Waals surface area contributed by atoms with Crippen LogP contribution in [0.1, 0.15) is 62.4 Å². The number of benzene rings is 1. The largest absolute Gasteiger partial charge is 0.491 e. The molecule has 142 valence electrons. The van der Waals surface area contributed by atoms with E-state index in [2.05, 4.69) is 0 Å². The fourth-order valence-corrected chi connectivity index (χ4v) is 3.30. The minimum atomic E-state index is -0.513. The van der Waals surface area contributed by atoms with Gasteiger partial charge in [0.15, 0.2) is 0 Å². The monoisotopic (exact) mass is 361 g/mol. The number of rotatable bonds is 3. The lowest BCUT2D eigenvalue weighted by molar-refractivity contribution is 0.0115. The number of esters is 1. The van der Waals surface area contributed by atoms with E-state index < -0.39 is 5.60 Å². The highest BCUT2D eigenvalue weighted by Gasteiger charge is 2.30. The predicted molar refractivity (Wildman–Crippen MR) is 96.3 cm³/mol. The molecule has 1 aromatic rings. The fourth-order valence-electron chi connectivity index (χ4n) is 3.30. The molecule has 2 heterocycles. The topological polar surface area (TPSA) is 65.1 Å². The van der Waals surface area contributed by atoms with Crippen molar-refractivity contribution in [1.82, 2.24) is 4.90 Å². The lowest BCUT2D eigenvalue weighted by Crippen LogP contribution is -2.45. The quantitative estimate of drug-likeness (QED) is 0.764. The zero-order valence-electron chi connectivity index (χ0n) is 15.7. The van der Waals surface area contributed by atoms with Crippen LogP contribution in [0.3, 0.4) is 0 Å². The van der Waals surface area contributed by atoms with Crippen molar-refractivity contribution < 1.29 is 23.8 Å². The van der Waals surface area contributed by atoms with E-state index in [1.165, 1.54) is 0 Å². The van der Waals surface area contributed by atoms with Gasteiger partial charge in [-0.05, 0) is 51.8 Å². The molecule has 2 aliphatic heterocycles. The van der Waals surface area contributed by atoms with Gasteiger partial charge < -0.3 is 19.1 Å². The van der Waals surface area contributed by atoms with Crippen LogP contribution in [0.15, 0.2) is 18.2 Å². The van der Waals surface area contributed by atoms with Crippen molar-refractivity contribution in [2.45, 2.75) is 64.7 Å². The molecule has 1 aromatic carbocycles. The van der Waals surface area contributed by atoms with E-state index in [4.69, 9.17) is 14.2 Å². The summed E-state index contributed by atoms with van der Waals surface area (Å²) < 4.78 is 16.5. The SMILES string of the molecule is CC(C)(C)OC(=O)N1CCCCCC1COc1ccc2c(c1)COC2=O. The Morgan fingerprint density at radius 3 is 2.85 bits per heavy atom. The molecule has 1 saturated heterocycles. The number of carbonyl (C=O) groups excluding carboxylic acids is 2. The summed E-state index contributed by atoms with van der Waals surface area (Å²) in [7, 11) is 0. The molecule has 0 spiro atoms. The predicted octanol–water partition coefficient (Wildman–Crippen LogP) is 3.92. The molecule has 6 nitrogen and oxygen atoms in total. The van der Waals surface area contributed by atoms with Crippen molar-refractivity contribution >= 4 is 12.1 Å². The molecular weight excluding hydrogens is 334 g/mol. The molecule has 0 radical (unpaired) electrons. The molecule has 1 unspecified atom stereocenters. The van der Waals surface area contributed by atoms with Crippen molar-refractivity contribution in [3.63, 3.8) is 0 Å². The number of likely N-dealkylation sites (tertiary alicyclic amines) is 1. The number of nitrogens with zero attached hydrogens (tertiary/aromatic N) is 1. The third-order valence-corrected chi connectivity index (χ3v) is 4.60. The average Bonchev–Trinajstić information content (AvgIpc) is 2.79. The molecule has 1 fully saturated rings. The smallest absolute Gasteiger partial charge is 0.410 e. The molecule has 2 aliphatic rings. The maximum Gasteiger partial charge on any atom is 0.410 e. The highest BCUT2D eigenvalue weighted by molar-refractivity contribution is 5.93. The zero-order valence-corrected chi connectivity index (χ0v) is 15.7. The Balaban J connectivity index is 1.66. The van der Waals surface area contributed by atoms with Gasteiger partial charge in [0, 0.05) is 12.1 Å². The first-order valence-electron chi connectivity index (χ1n) is 9.26. The molecule has 0 aliphatic carbocycles. The number of hydrogen-bond acceptors (Lipinski definition) is 5. The van der Waals surface area contributed by atoms with E-state index in [0.29, 0.717) is 31.1 Å². The second kappa shape index (κ2) is 7.56. The second-order valence-corrected chi connectivity index (χ2v) is 7.88. The summed E-state index contributed by atoms with van der Waals surface area (Å²) in [5.41, 5.74) is 0.931. The van der Waals surface area contributed by atoms with Gasteiger partial charge in [-0.3, -0.25) is 0 Å². The van der Waals surface area contributed by atoms with Crippen LogP contribution in [0.4, 0.5) is 4.79 Å².